The van der Waals surface area contributed by atoms with Crippen LogP contribution in [0.15, 0.2) is 36.7 Å². The largest absolute Gasteiger partial charge is 0.444 e. The maximum absolute atomic E-state index is 13.0. The molecule has 178 valence electrons. The van der Waals surface area contributed by atoms with Crippen molar-refractivity contribution in [2.24, 2.45) is 0 Å². The number of anilines is 2. The zero-order valence-corrected chi connectivity index (χ0v) is 19.6. The van der Waals surface area contributed by atoms with E-state index in [1.54, 1.807) is 11.1 Å². The van der Waals surface area contributed by atoms with Crippen molar-refractivity contribution in [2.75, 3.05) is 49.6 Å². The van der Waals surface area contributed by atoms with Gasteiger partial charge in [-0.05, 0) is 57.9 Å². The number of likely N-dealkylation sites (tertiary alicyclic amines) is 1. The fraction of sp³-hybridized carbons (Fsp3) is 0.542. The number of piperidine rings is 1. The molecular weight excluding hydrogens is 422 g/mol. The summed E-state index contributed by atoms with van der Waals surface area (Å²) in [6.07, 6.45) is 4.96. The lowest BCUT2D eigenvalue weighted by Gasteiger charge is -2.34. The number of morpholine rings is 1. The molecule has 0 aliphatic carbocycles. The first-order valence-electron chi connectivity index (χ1n) is 11.5. The predicted octanol–water partition coefficient (Wildman–Crippen LogP) is 3.54. The number of ether oxygens (including phenoxy) is 2. The molecule has 4 rings (SSSR count). The summed E-state index contributed by atoms with van der Waals surface area (Å²) < 4.78 is 12.9. The van der Waals surface area contributed by atoms with Crippen LogP contribution in [0, 0.1) is 0 Å². The van der Waals surface area contributed by atoms with Crippen LogP contribution in [0.1, 0.15) is 50.1 Å². The minimum Gasteiger partial charge on any atom is -0.444 e. The number of carbonyl (C=O) groups excluding carboxylic acids is 2. The van der Waals surface area contributed by atoms with Crippen molar-refractivity contribution < 1.29 is 19.1 Å². The Kier molecular flexibility index (Phi) is 6.88. The summed E-state index contributed by atoms with van der Waals surface area (Å²) in [5.74, 6) is 0.325. The number of nitrogens with one attached hydrogen (secondary N) is 1. The number of pyridine rings is 1. The first-order valence-corrected chi connectivity index (χ1v) is 11.5. The van der Waals surface area contributed by atoms with Gasteiger partial charge in [0.25, 0.3) is 5.91 Å². The molecule has 4 heterocycles. The van der Waals surface area contributed by atoms with Crippen LogP contribution in [0.5, 0.6) is 0 Å². The van der Waals surface area contributed by atoms with E-state index in [-0.39, 0.29) is 18.0 Å². The lowest BCUT2D eigenvalue weighted by atomic mass is 10.0. The van der Waals surface area contributed by atoms with Crippen molar-refractivity contribution in [1.29, 1.82) is 0 Å². The van der Waals surface area contributed by atoms with Crippen molar-refractivity contribution in [3.8, 4) is 0 Å². The van der Waals surface area contributed by atoms with Crippen LogP contribution < -0.4 is 10.2 Å². The first-order chi connectivity index (χ1) is 15.8. The van der Waals surface area contributed by atoms with Crippen LogP contribution in [0.4, 0.5) is 16.3 Å². The molecule has 0 atom stereocenters. The molecule has 9 nitrogen and oxygen atoms in total. The zero-order chi connectivity index (χ0) is 23.4. The molecule has 0 aromatic carbocycles. The first kappa shape index (κ1) is 23.1. The van der Waals surface area contributed by atoms with E-state index in [0.29, 0.717) is 37.8 Å². The molecule has 0 unspecified atom stereocenters. The smallest absolute Gasteiger partial charge is 0.410 e. The number of nitrogens with zero attached hydrogens (tertiary/aromatic N) is 4. The average molecular weight is 456 g/mol. The Morgan fingerprint density at radius 1 is 1.09 bits per heavy atom. The quantitative estimate of drug-likeness (QED) is 0.759. The van der Waals surface area contributed by atoms with E-state index in [1.807, 2.05) is 55.8 Å². The molecule has 0 bridgehead atoms. The van der Waals surface area contributed by atoms with Crippen LogP contribution in [-0.4, -0.2) is 71.4 Å². The molecular formula is C24H33N5O4. The lowest BCUT2D eigenvalue weighted by Crippen LogP contribution is -2.42. The SMILES string of the molecule is CC(C)(C)OC(=O)N1CCC(n2cccc2C(=O)Nc2ccc(N3CCOCC3)cn2)CC1. The summed E-state index contributed by atoms with van der Waals surface area (Å²) in [6, 6.07) is 7.65. The Hall–Kier alpha value is -3.07. The van der Waals surface area contributed by atoms with Gasteiger partial charge in [0.15, 0.2) is 0 Å². The van der Waals surface area contributed by atoms with Crippen LogP contribution >= 0.6 is 0 Å². The van der Waals surface area contributed by atoms with Crippen molar-refractivity contribution in [2.45, 2.75) is 45.3 Å². The summed E-state index contributed by atoms with van der Waals surface area (Å²) in [5, 5.41) is 2.91. The lowest BCUT2D eigenvalue weighted by molar-refractivity contribution is 0.0187. The van der Waals surface area contributed by atoms with Crippen molar-refractivity contribution in [1.82, 2.24) is 14.5 Å². The highest BCUT2D eigenvalue weighted by Gasteiger charge is 2.28. The van der Waals surface area contributed by atoms with Gasteiger partial charge >= 0.3 is 6.09 Å². The van der Waals surface area contributed by atoms with E-state index in [1.165, 1.54) is 0 Å². The summed E-state index contributed by atoms with van der Waals surface area (Å²) in [7, 11) is 0. The summed E-state index contributed by atoms with van der Waals surface area (Å²) in [4.78, 5) is 33.7. The van der Waals surface area contributed by atoms with Crippen molar-refractivity contribution in [3.63, 3.8) is 0 Å². The van der Waals surface area contributed by atoms with Gasteiger partial charge in [-0.3, -0.25) is 4.79 Å². The molecule has 2 aliphatic rings. The molecule has 9 heteroatoms. The zero-order valence-electron chi connectivity index (χ0n) is 19.6. The number of hydrogen-bond donors (Lipinski definition) is 1. The van der Waals surface area contributed by atoms with Crippen molar-refractivity contribution >= 4 is 23.5 Å². The Bertz CT molecular complexity index is 952. The van der Waals surface area contributed by atoms with E-state index in [4.69, 9.17) is 9.47 Å². The molecule has 2 saturated heterocycles. The van der Waals surface area contributed by atoms with E-state index in [0.717, 1.165) is 31.6 Å². The molecule has 2 amide bonds. The van der Waals surface area contributed by atoms with Gasteiger partial charge in [0.05, 0.1) is 25.1 Å². The maximum Gasteiger partial charge on any atom is 0.410 e. The van der Waals surface area contributed by atoms with Crippen LogP contribution in [0.2, 0.25) is 0 Å². The third kappa shape index (κ3) is 5.84. The van der Waals surface area contributed by atoms with E-state index in [9.17, 15) is 9.59 Å². The predicted molar refractivity (Wildman–Crippen MR) is 126 cm³/mol. The molecule has 2 fully saturated rings. The number of aromatic nitrogens is 2. The summed E-state index contributed by atoms with van der Waals surface area (Å²) in [6.45, 7) is 9.92. The number of hydrogen-bond acceptors (Lipinski definition) is 6. The number of rotatable bonds is 4. The molecule has 0 spiro atoms. The second-order valence-electron chi connectivity index (χ2n) is 9.45. The van der Waals surface area contributed by atoms with Crippen LogP contribution in [-0.2, 0) is 9.47 Å². The molecule has 2 aromatic heterocycles. The minimum absolute atomic E-state index is 0.149. The molecule has 2 aliphatic heterocycles. The fourth-order valence-corrected chi connectivity index (χ4v) is 4.21. The Balaban J connectivity index is 1.34. The highest BCUT2D eigenvalue weighted by Crippen LogP contribution is 2.26. The normalized spacial score (nSPS) is 17.7. The van der Waals surface area contributed by atoms with E-state index in [2.05, 4.69) is 15.2 Å². The topological polar surface area (TPSA) is 88.9 Å². The Morgan fingerprint density at radius 3 is 2.45 bits per heavy atom. The minimum atomic E-state index is -0.506. The van der Waals surface area contributed by atoms with Gasteiger partial charge in [-0.2, -0.15) is 0 Å². The van der Waals surface area contributed by atoms with E-state index >= 15 is 0 Å². The monoisotopic (exact) mass is 455 g/mol. The summed E-state index contributed by atoms with van der Waals surface area (Å²) >= 11 is 0. The van der Waals surface area contributed by atoms with Gasteiger partial charge in [0.2, 0.25) is 0 Å². The standard InChI is InChI=1S/C24H33N5O4/c1-24(2,3)33-23(31)28-11-8-18(9-12-28)29-10-4-5-20(29)22(30)26-21-7-6-19(17-25-21)27-13-15-32-16-14-27/h4-7,10,17-18H,8-9,11-16H2,1-3H3,(H,25,26,30). The highest BCUT2D eigenvalue weighted by atomic mass is 16.6. The van der Waals surface area contributed by atoms with Crippen LogP contribution in [0.25, 0.3) is 0 Å². The molecule has 33 heavy (non-hydrogen) atoms. The van der Waals surface area contributed by atoms with Gasteiger partial charge in [0.1, 0.15) is 17.1 Å². The second-order valence-corrected chi connectivity index (χ2v) is 9.45. The van der Waals surface area contributed by atoms with Gasteiger partial charge in [-0.15, -0.1) is 0 Å². The van der Waals surface area contributed by atoms with Gasteiger partial charge in [-0.1, -0.05) is 0 Å². The van der Waals surface area contributed by atoms with Gasteiger partial charge < -0.3 is 29.2 Å². The van der Waals surface area contributed by atoms with Gasteiger partial charge in [-0.25, -0.2) is 9.78 Å². The van der Waals surface area contributed by atoms with Crippen molar-refractivity contribution in [3.05, 3.63) is 42.4 Å². The Labute approximate surface area is 194 Å². The Morgan fingerprint density at radius 2 is 1.82 bits per heavy atom. The third-order valence-electron chi connectivity index (χ3n) is 5.89. The van der Waals surface area contributed by atoms with Crippen LogP contribution in [0.3, 0.4) is 0 Å². The maximum atomic E-state index is 13.0. The molecule has 1 N–H and O–H groups in total. The summed E-state index contributed by atoms with van der Waals surface area (Å²) in [5.41, 5.74) is 1.11. The number of amides is 2. The van der Waals surface area contributed by atoms with Gasteiger partial charge in [0, 0.05) is 38.4 Å². The third-order valence-corrected chi connectivity index (χ3v) is 5.89. The average Bonchev–Trinajstić information content (AvgIpc) is 3.29. The molecule has 2 aromatic rings. The second kappa shape index (κ2) is 9.82. The molecule has 0 radical (unpaired) electrons. The van der Waals surface area contributed by atoms with E-state index < -0.39 is 5.60 Å². The number of carbonyl (C=O) groups is 2. The highest BCUT2D eigenvalue weighted by molar-refractivity contribution is 6.02. The fourth-order valence-electron chi connectivity index (χ4n) is 4.21. The molecule has 0 saturated carbocycles.